The first-order valence-electron chi connectivity index (χ1n) is 3.26. The first-order valence-corrected chi connectivity index (χ1v) is 3.26. The van der Waals surface area contributed by atoms with E-state index in [2.05, 4.69) is 12.2 Å². The van der Waals surface area contributed by atoms with Crippen LogP contribution in [-0.2, 0) is 25.8 Å². The molecule has 0 saturated heterocycles. The molecule has 0 aliphatic carbocycles. The molecule has 1 rings (SSSR count). The van der Waals surface area contributed by atoms with E-state index in [0.717, 1.165) is 5.56 Å². The zero-order valence-electron chi connectivity index (χ0n) is 7.17. The molecule has 1 aromatic rings. The van der Waals surface area contributed by atoms with Crippen LogP contribution >= 0.6 is 0 Å². The maximum Gasteiger partial charge on any atom is 0 e. The minimum absolute atomic E-state index is 0. The average Bonchev–Trinajstić information content (AvgIpc) is 1.91. The van der Waals surface area contributed by atoms with Crippen molar-refractivity contribution >= 4 is 0 Å². The Bertz CT molecular complexity index is 151. The third-order valence-electron chi connectivity index (χ3n) is 0.843. The van der Waals surface area contributed by atoms with Gasteiger partial charge in [0.05, 0.1) is 0 Å². The molecule has 0 spiro atoms. The molecule has 1 nitrogen and oxygen atoms in total. The van der Waals surface area contributed by atoms with Gasteiger partial charge in [-0.25, -0.2) is 0 Å². The zero-order valence-corrected chi connectivity index (χ0v) is 8.97. The van der Waals surface area contributed by atoms with Crippen molar-refractivity contribution in [1.82, 2.24) is 5.32 Å². The molecule has 0 aromatic heterocycles. The maximum absolute atomic E-state index is 3.72. The number of nitrogens with one attached hydrogen (secondary N) is 1. The summed E-state index contributed by atoms with van der Waals surface area (Å²) in [4.78, 5) is 0. The third kappa shape index (κ3) is 9.92. The van der Waals surface area contributed by atoms with Crippen LogP contribution in [0, 0.1) is 6.92 Å². The number of benzene rings is 1. The van der Waals surface area contributed by atoms with Crippen LogP contribution in [0.25, 0.3) is 0 Å². The van der Waals surface area contributed by atoms with Crippen molar-refractivity contribution in [3.8, 4) is 0 Å². The Hall–Kier alpha value is -0.0799. The minimum atomic E-state index is 0. The fourth-order valence-electron chi connectivity index (χ4n) is 0.478. The van der Waals surface area contributed by atoms with Gasteiger partial charge >= 0.3 is 0 Å². The smallest absolute Gasteiger partial charge is 0 e. The Balaban J connectivity index is 0. The van der Waals surface area contributed by atoms with E-state index >= 15 is 0 Å². The van der Waals surface area contributed by atoms with E-state index in [1.54, 1.807) is 0 Å². The van der Waals surface area contributed by atoms with Crippen molar-refractivity contribution in [2.75, 3.05) is 14.1 Å². The van der Waals surface area contributed by atoms with E-state index < -0.39 is 0 Å². The predicted octanol–water partition coefficient (Wildman–Crippen LogP) is 1.70. The Labute approximate surface area is 88.0 Å². The van der Waals surface area contributed by atoms with Crippen LogP contribution < -0.4 is 5.32 Å². The van der Waals surface area contributed by atoms with E-state index in [1.165, 1.54) is 0 Å². The largest absolute Gasteiger partial charge is 0.323 e. The molecule has 0 aliphatic heterocycles. The molecule has 1 N–H and O–H groups in total. The number of rotatable bonds is 0. The van der Waals surface area contributed by atoms with E-state index in [4.69, 9.17) is 0 Å². The monoisotopic (exact) mass is 181 g/mol. The summed E-state index contributed by atoms with van der Waals surface area (Å²) in [5.41, 5.74) is 1.07. The third-order valence-corrected chi connectivity index (χ3v) is 0.843. The molecule has 0 unspecified atom stereocenters. The molecule has 1 aromatic carbocycles. The van der Waals surface area contributed by atoms with E-state index in [1.807, 2.05) is 44.4 Å². The normalized spacial score (nSPS) is 7.09. The summed E-state index contributed by atoms with van der Waals surface area (Å²) < 4.78 is 0. The summed E-state index contributed by atoms with van der Waals surface area (Å²) in [5.74, 6) is 0. The molecule has 59 valence electrons. The molecule has 0 aliphatic rings. The minimum Gasteiger partial charge on any atom is -0.323 e. The Morgan fingerprint density at radius 2 is 1.45 bits per heavy atom. The standard InChI is InChI=1S/C7H7.C2H7N.Sc/c1-7-5-3-2-4-6-7;1-3-2;/h2-6H,1H2;3H,1-2H3;/q-1;;. The van der Waals surface area contributed by atoms with E-state index in [0.29, 0.717) is 0 Å². The van der Waals surface area contributed by atoms with Crippen LogP contribution in [0.15, 0.2) is 30.3 Å². The van der Waals surface area contributed by atoms with Crippen LogP contribution in [0.3, 0.4) is 0 Å². The number of hydrogen-bond acceptors (Lipinski definition) is 1. The summed E-state index contributed by atoms with van der Waals surface area (Å²) in [6.07, 6.45) is 0. The second kappa shape index (κ2) is 9.92. The van der Waals surface area contributed by atoms with E-state index in [9.17, 15) is 0 Å². The molecule has 0 atom stereocenters. The van der Waals surface area contributed by atoms with Crippen molar-refractivity contribution in [2.24, 2.45) is 0 Å². The van der Waals surface area contributed by atoms with Gasteiger partial charge in [-0.3, -0.25) is 0 Å². The van der Waals surface area contributed by atoms with Gasteiger partial charge in [0.15, 0.2) is 0 Å². The molecule has 1 radical (unpaired) electrons. The fraction of sp³-hybridized carbons (Fsp3) is 0.222. The summed E-state index contributed by atoms with van der Waals surface area (Å²) in [5, 5.41) is 2.75. The summed E-state index contributed by atoms with van der Waals surface area (Å²) in [6.45, 7) is 3.72. The van der Waals surface area contributed by atoms with Crippen molar-refractivity contribution in [2.45, 2.75) is 0 Å². The van der Waals surface area contributed by atoms with Gasteiger partial charge in [0.1, 0.15) is 0 Å². The van der Waals surface area contributed by atoms with Gasteiger partial charge in [-0.2, -0.15) is 24.6 Å². The van der Waals surface area contributed by atoms with Gasteiger partial charge < -0.3 is 5.32 Å². The molecule has 0 saturated carbocycles. The number of hydrogen-bond donors (Lipinski definition) is 1. The van der Waals surface area contributed by atoms with Crippen molar-refractivity contribution in [1.29, 1.82) is 0 Å². The van der Waals surface area contributed by atoms with Gasteiger partial charge in [0.2, 0.25) is 0 Å². The van der Waals surface area contributed by atoms with Crippen LogP contribution in [0.5, 0.6) is 0 Å². The van der Waals surface area contributed by atoms with Crippen molar-refractivity contribution < 1.29 is 25.8 Å². The second-order valence-corrected chi connectivity index (χ2v) is 1.99. The average molecular weight is 181 g/mol. The summed E-state index contributed by atoms with van der Waals surface area (Å²) in [6, 6.07) is 9.87. The molecule has 2 heteroatoms. The van der Waals surface area contributed by atoms with Gasteiger partial charge in [-0.15, -0.1) is 12.1 Å². The second-order valence-electron chi connectivity index (χ2n) is 1.99. The molecule has 0 bridgehead atoms. The van der Waals surface area contributed by atoms with Gasteiger partial charge in [0.25, 0.3) is 0 Å². The molecule has 0 heterocycles. The van der Waals surface area contributed by atoms with Gasteiger partial charge in [0, 0.05) is 25.8 Å². The van der Waals surface area contributed by atoms with Crippen LogP contribution in [0.1, 0.15) is 5.56 Å². The van der Waals surface area contributed by atoms with Crippen molar-refractivity contribution in [3.05, 3.63) is 42.8 Å². The first-order chi connectivity index (χ1) is 4.81. The molecule has 0 amide bonds. The summed E-state index contributed by atoms with van der Waals surface area (Å²) >= 11 is 0. The van der Waals surface area contributed by atoms with Crippen LogP contribution in [-0.4, -0.2) is 14.1 Å². The van der Waals surface area contributed by atoms with Crippen LogP contribution in [0.2, 0.25) is 0 Å². The zero-order chi connectivity index (χ0) is 7.82. The van der Waals surface area contributed by atoms with Gasteiger partial charge in [-0.1, -0.05) is 6.07 Å². The first kappa shape index (κ1) is 13.5. The fourth-order valence-corrected chi connectivity index (χ4v) is 0.478. The Morgan fingerprint density at radius 3 is 1.64 bits per heavy atom. The topological polar surface area (TPSA) is 12.0 Å². The molecule has 11 heavy (non-hydrogen) atoms. The SMILES string of the molecule is CNC.[CH2-]c1ccccc1.[Sc]. The quantitative estimate of drug-likeness (QED) is 0.601. The molecular formula is C9H14NSc-. The van der Waals surface area contributed by atoms with Gasteiger partial charge in [-0.05, 0) is 14.1 Å². The Morgan fingerprint density at radius 1 is 1.09 bits per heavy atom. The maximum atomic E-state index is 3.72. The van der Waals surface area contributed by atoms with Crippen LogP contribution in [0.4, 0.5) is 0 Å². The predicted molar refractivity (Wildman–Crippen MR) is 45.9 cm³/mol. The molecule has 0 fully saturated rings. The molecular weight excluding hydrogens is 167 g/mol. The summed E-state index contributed by atoms with van der Waals surface area (Å²) in [7, 11) is 3.75. The van der Waals surface area contributed by atoms with E-state index in [-0.39, 0.29) is 25.8 Å². The van der Waals surface area contributed by atoms with Crippen molar-refractivity contribution in [3.63, 3.8) is 0 Å². The Kier molecular flexibility index (Phi) is 12.2.